The molecule has 0 spiro atoms. The van der Waals surface area contributed by atoms with Crippen molar-refractivity contribution in [1.82, 2.24) is 24.7 Å². The number of rotatable bonds is 4. The third-order valence-electron chi connectivity index (χ3n) is 6.11. The van der Waals surface area contributed by atoms with E-state index >= 15 is 0 Å². The number of aryl methyl sites for hydroxylation is 2. The standard InChI is InChI=1S/C25H29N7O2/c1-14-10-31(11-15(2)27-14)21-7-6-19(23-20(21)9-26-17(4)29-23)25(33)30-18-8-22(34-5)24-28-16(3)12-32(24)13-18/h6-9,12-15,27H,10-11H2,1-5H3,(H,30,33). The summed E-state index contributed by atoms with van der Waals surface area (Å²) in [6, 6.07) is 6.37. The molecular formula is C25H29N7O2. The molecule has 0 radical (unpaired) electrons. The number of fused-ring (bicyclic) bond motifs is 2. The molecular weight excluding hydrogens is 430 g/mol. The Morgan fingerprint density at radius 3 is 2.65 bits per heavy atom. The quantitative estimate of drug-likeness (QED) is 0.483. The van der Waals surface area contributed by atoms with Gasteiger partial charge in [-0.1, -0.05) is 0 Å². The van der Waals surface area contributed by atoms with Gasteiger partial charge in [-0.05, 0) is 39.8 Å². The summed E-state index contributed by atoms with van der Waals surface area (Å²) in [6.07, 6.45) is 5.55. The van der Waals surface area contributed by atoms with E-state index in [4.69, 9.17) is 4.74 Å². The first kappa shape index (κ1) is 22.1. The zero-order valence-electron chi connectivity index (χ0n) is 20.1. The summed E-state index contributed by atoms with van der Waals surface area (Å²) >= 11 is 0. The smallest absolute Gasteiger partial charge is 0.257 e. The predicted molar refractivity (Wildman–Crippen MR) is 133 cm³/mol. The number of methoxy groups -OCH3 is 1. The SMILES string of the molecule is COc1cc(NC(=O)c2ccc(N3CC(C)NC(C)C3)c3cnc(C)nc23)cn2cc(C)nc12. The number of anilines is 2. The van der Waals surface area contributed by atoms with Gasteiger partial charge in [-0.3, -0.25) is 4.79 Å². The largest absolute Gasteiger partial charge is 0.493 e. The van der Waals surface area contributed by atoms with Gasteiger partial charge in [-0.15, -0.1) is 0 Å². The monoisotopic (exact) mass is 459 g/mol. The number of benzene rings is 1. The number of pyridine rings is 1. The van der Waals surface area contributed by atoms with E-state index in [1.807, 2.05) is 49.0 Å². The van der Waals surface area contributed by atoms with Crippen LogP contribution in [0.3, 0.4) is 0 Å². The van der Waals surface area contributed by atoms with E-state index in [1.54, 1.807) is 13.2 Å². The van der Waals surface area contributed by atoms with E-state index in [0.29, 0.717) is 46.1 Å². The van der Waals surface area contributed by atoms with E-state index < -0.39 is 0 Å². The van der Waals surface area contributed by atoms with Crippen LogP contribution in [0.2, 0.25) is 0 Å². The topological polar surface area (TPSA) is 96.7 Å². The Balaban J connectivity index is 1.53. The molecule has 34 heavy (non-hydrogen) atoms. The number of aromatic nitrogens is 4. The van der Waals surface area contributed by atoms with Crippen LogP contribution in [0.25, 0.3) is 16.6 Å². The number of carbonyl (C=O) groups is 1. The molecule has 2 atom stereocenters. The fourth-order valence-corrected chi connectivity index (χ4v) is 4.78. The summed E-state index contributed by atoms with van der Waals surface area (Å²) in [5.74, 6) is 0.971. The number of imidazole rings is 1. The van der Waals surface area contributed by atoms with Gasteiger partial charge < -0.3 is 24.7 Å². The fraction of sp³-hybridized carbons (Fsp3) is 0.360. The molecule has 0 aliphatic carbocycles. The maximum absolute atomic E-state index is 13.4. The van der Waals surface area contributed by atoms with Gasteiger partial charge in [-0.25, -0.2) is 15.0 Å². The third-order valence-corrected chi connectivity index (χ3v) is 6.11. The van der Waals surface area contributed by atoms with Crippen LogP contribution in [0.1, 0.15) is 35.7 Å². The van der Waals surface area contributed by atoms with Crippen LogP contribution in [-0.2, 0) is 0 Å². The number of nitrogens with one attached hydrogen (secondary N) is 2. The molecule has 1 amide bonds. The van der Waals surface area contributed by atoms with Crippen molar-refractivity contribution in [2.45, 2.75) is 39.8 Å². The molecule has 1 saturated heterocycles. The Bertz CT molecular complexity index is 1390. The van der Waals surface area contributed by atoms with E-state index in [0.717, 1.165) is 29.9 Å². The molecule has 1 aliphatic heterocycles. The number of hydrogen-bond acceptors (Lipinski definition) is 7. The van der Waals surface area contributed by atoms with Gasteiger partial charge in [0.2, 0.25) is 0 Å². The van der Waals surface area contributed by atoms with Crippen molar-refractivity contribution in [2.75, 3.05) is 30.4 Å². The Labute approximate surface area is 198 Å². The lowest BCUT2D eigenvalue weighted by molar-refractivity contribution is 0.102. The fourth-order valence-electron chi connectivity index (χ4n) is 4.78. The predicted octanol–water partition coefficient (Wildman–Crippen LogP) is 3.34. The Morgan fingerprint density at radius 1 is 1.15 bits per heavy atom. The molecule has 5 rings (SSSR count). The zero-order valence-corrected chi connectivity index (χ0v) is 20.1. The lowest BCUT2D eigenvalue weighted by Gasteiger charge is -2.38. The first-order valence-corrected chi connectivity index (χ1v) is 11.4. The maximum Gasteiger partial charge on any atom is 0.257 e. The van der Waals surface area contributed by atoms with Gasteiger partial charge in [0.05, 0.1) is 29.6 Å². The molecule has 176 valence electrons. The first-order valence-electron chi connectivity index (χ1n) is 11.4. The number of nitrogens with zero attached hydrogens (tertiary/aromatic N) is 5. The average Bonchev–Trinajstić information content (AvgIpc) is 3.16. The number of piperazine rings is 1. The number of amides is 1. The molecule has 0 saturated carbocycles. The van der Waals surface area contributed by atoms with E-state index in [9.17, 15) is 4.79 Å². The molecule has 9 nitrogen and oxygen atoms in total. The molecule has 1 fully saturated rings. The molecule has 4 heterocycles. The van der Waals surface area contributed by atoms with Gasteiger partial charge in [0.25, 0.3) is 5.91 Å². The van der Waals surface area contributed by atoms with Crippen LogP contribution in [0, 0.1) is 13.8 Å². The molecule has 2 N–H and O–H groups in total. The van der Waals surface area contributed by atoms with Gasteiger partial charge in [0.1, 0.15) is 5.82 Å². The van der Waals surface area contributed by atoms with E-state index in [2.05, 4.69) is 44.3 Å². The lowest BCUT2D eigenvalue weighted by atomic mass is 10.0. The minimum absolute atomic E-state index is 0.241. The summed E-state index contributed by atoms with van der Waals surface area (Å²) in [5.41, 5.74) is 4.38. The van der Waals surface area contributed by atoms with E-state index in [-0.39, 0.29) is 5.91 Å². The van der Waals surface area contributed by atoms with Gasteiger partial charge in [-0.2, -0.15) is 0 Å². The summed E-state index contributed by atoms with van der Waals surface area (Å²) in [6.45, 7) is 9.87. The van der Waals surface area contributed by atoms with Crippen molar-refractivity contribution in [3.05, 3.63) is 53.9 Å². The van der Waals surface area contributed by atoms with Crippen molar-refractivity contribution in [1.29, 1.82) is 0 Å². The third kappa shape index (κ3) is 4.03. The van der Waals surface area contributed by atoms with Gasteiger partial charge >= 0.3 is 0 Å². The Hall–Kier alpha value is -3.72. The van der Waals surface area contributed by atoms with E-state index in [1.165, 1.54) is 0 Å². The lowest BCUT2D eigenvalue weighted by Crippen LogP contribution is -2.54. The number of ether oxygens (including phenoxy) is 1. The summed E-state index contributed by atoms with van der Waals surface area (Å²) in [7, 11) is 1.59. The molecule has 4 aromatic rings. The summed E-state index contributed by atoms with van der Waals surface area (Å²) < 4.78 is 7.34. The molecule has 1 aliphatic rings. The first-order chi connectivity index (χ1) is 16.3. The number of carbonyl (C=O) groups excluding carboxylic acids is 1. The second-order valence-corrected chi connectivity index (χ2v) is 9.05. The average molecular weight is 460 g/mol. The van der Waals surface area contributed by atoms with Gasteiger partial charge in [0, 0.05) is 60.9 Å². The van der Waals surface area contributed by atoms with Crippen LogP contribution in [0.4, 0.5) is 11.4 Å². The second kappa shape index (κ2) is 8.57. The van der Waals surface area contributed by atoms with Gasteiger partial charge in [0.15, 0.2) is 11.4 Å². The van der Waals surface area contributed by atoms with Crippen molar-refractivity contribution in [3.63, 3.8) is 0 Å². The molecule has 3 aromatic heterocycles. The van der Waals surface area contributed by atoms with Crippen molar-refractivity contribution >= 4 is 33.8 Å². The van der Waals surface area contributed by atoms with Crippen molar-refractivity contribution < 1.29 is 9.53 Å². The van der Waals surface area contributed by atoms with Crippen LogP contribution in [-0.4, -0.2) is 57.5 Å². The molecule has 1 aromatic carbocycles. The highest BCUT2D eigenvalue weighted by Gasteiger charge is 2.24. The van der Waals surface area contributed by atoms with Crippen LogP contribution < -0.4 is 20.3 Å². The molecule has 0 bridgehead atoms. The highest BCUT2D eigenvalue weighted by Crippen LogP contribution is 2.31. The normalized spacial score (nSPS) is 18.4. The van der Waals surface area contributed by atoms with Crippen LogP contribution in [0.5, 0.6) is 5.75 Å². The number of hydrogen-bond donors (Lipinski definition) is 2. The summed E-state index contributed by atoms with van der Waals surface area (Å²) in [4.78, 5) is 29.3. The molecule has 2 unspecified atom stereocenters. The molecule has 9 heteroatoms. The van der Waals surface area contributed by atoms with Crippen molar-refractivity contribution in [2.24, 2.45) is 0 Å². The minimum atomic E-state index is -0.241. The van der Waals surface area contributed by atoms with Crippen LogP contribution >= 0.6 is 0 Å². The minimum Gasteiger partial charge on any atom is -0.493 e. The highest BCUT2D eigenvalue weighted by atomic mass is 16.5. The summed E-state index contributed by atoms with van der Waals surface area (Å²) in [5, 5.41) is 7.44. The Morgan fingerprint density at radius 2 is 1.91 bits per heavy atom. The van der Waals surface area contributed by atoms with Crippen LogP contribution in [0.15, 0.2) is 36.8 Å². The van der Waals surface area contributed by atoms with Crippen molar-refractivity contribution in [3.8, 4) is 5.75 Å². The highest BCUT2D eigenvalue weighted by molar-refractivity contribution is 6.13. The second-order valence-electron chi connectivity index (χ2n) is 9.05. The maximum atomic E-state index is 13.4. The zero-order chi connectivity index (χ0) is 24.0. The Kier molecular flexibility index (Phi) is 5.57.